The maximum Gasteiger partial charge on any atom is 0.271 e. The molecule has 196 valence electrons. The Morgan fingerprint density at radius 2 is 1.65 bits per heavy atom. The van der Waals surface area contributed by atoms with Crippen molar-refractivity contribution in [3.63, 3.8) is 0 Å². The molecule has 0 N–H and O–H groups in total. The largest absolute Gasteiger partial charge is 0.488 e. The van der Waals surface area contributed by atoms with E-state index >= 15 is 0 Å². The molecule has 1 aliphatic carbocycles. The number of ether oxygens (including phenoxy) is 1. The third-order valence-electron chi connectivity index (χ3n) is 7.53. The number of hydrogen-bond donors (Lipinski definition) is 0. The summed E-state index contributed by atoms with van der Waals surface area (Å²) in [5.41, 5.74) is 6.83. The van der Waals surface area contributed by atoms with Gasteiger partial charge in [-0.3, -0.25) is 9.36 Å². The predicted molar refractivity (Wildman–Crippen MR) is 156 cm³/mol. The van der Waals surface area contributed by atoms with Crippen LogP contribution in [0.2, 0.25) is 0 Å². The van der Waals surface area contributed by atoms with Gasteiger partial charge in [0.05, 0.1) is 16.3 Å². The minimum Gasteiger partial charge on any atom is -0.488 e. The molecule has 2 aliphatic rings. The smallest absolute Gasteiger partial charge is 0.271 e. The molecule has 0 bridgehead atoms. The van der Waals surface area contributed by atoms with Crippen molar-refractivity contribution < 1.29 is 9.13 Å². The molecule has 2 heterocycles. The SMILES string of the molecule is O=c1/c(=C\c2ccccc2OCc2ccccc2F)sc2n1[C@@H](c1ccccc1)C1=C(N=2)c2ccccc2CC1. The number of nitrogens with zero attached hydrogens (tertiary/aromatic N) is 2. The van der Waals surface area contributed by atoms with E-state index in [0.717, 1.165) is 35.2 Å². The molecule has 0 spiro atoms. The molecule has 0 unspecified atom stereocenters. The number of rotatable bonds is 5. The second-order valence-corrected chi connectivity index (χ2v) is 11.0. The summed E-state index contributed by atoms with van der Waals surface area (Å²) < 4.78 is 22.6. The van der Waals surface area contributed by atoms with Crippen molar-refractivity contribution in [2.24, 2.45) is 4.99 Å². The van der Waals surface area contributed by atoms with E-state index < -0.39 is 0 Å². The van der Waals surface area contributed by atoms with E-state index in [9.17, 15) is 9.18 Å². The number of benzene rings is 4. The Morgan fingerprint density at radius 1 is 0.900 bits per heavy atom. The quantitative estimate of drug-likeness (QED) is 0.271. The Balaban J connectivity index is 1.36. The lowest BCUT2D eigenvalue weighted by Gasteiger charge is -2.30. The van der Waals surface area contributed by atoms with Crippen LogP contribution >= 0.6 is 11.3 Å². The minimum absolute atomic E-state index is 0.0769. The van der Waals surface area contributed by atoms with E-state index in [1.165, 1.54) is 28.5 Å². The maximum absolute atomic E-state index is 14.2. The normalized spacial score (nSPS) is 16.1. The lowest BCUT2D eigenvalue weighted by Crippen LogP contribution is -2.38. The number of allylic oxidation sites excluding steroid dienone is 1. The fraction of sp³-hybridized carbons (Fsp3) is 0.118. The predicted octanol–water partition coefficient (Wildman–Crippen LogP) is 6.04. The third kappa shape index (κ3) is 4.31. The van der Waals surface area contributed by atoms with Crippen LogP contribution in [0.1, 0.15) is 40.3 Å². The van der Waals surface area contributed by atoms with Crippen LogP contribution < -0.4 is 19.6 Å². The third-order valence-corrected chi connectivity index (χ3v) is 8.52. The van der Waals surface area contributed by atoms with E-state index in [2.05, 4.69) is 36.4 Å². The van der Waals surface area contributed by atoms with Gasteiger partial charge in [-0.25, -0.2) is 9.38 Å². The summed E-state index contributed by atoms with van der Waals surface area (Å²) in [5, 5.41) is 0. The second kappa shape index (κ2) is 10.2. The van der Waals surface area contributed by atoms with Crippen LogP contribution in [0, 0.1) is 5.82 Å². The molecule has 1 aliphatic heterocycles. The average Bonchev–Trinajstić information content (AvgIpc) is 3.30. The van der Waals surface area contributed by atoms with Crippen LogP contribution in [0.15, 0.2) is 118 Å². The first-order chi connectivity index (χ1) is 19.7. The van der Waals surface area contributed by atoms with Gasteiger partial charge in [0.15, 0.2) is 4.80 Å². The summed E-state index contributed by atoms with van der Waals surface area (Å²) in [7, 11) is 0. The molecule has 1 aromatic heterocycles. The highest BCUT2D eigenvalue weighted by molar-refractivity contribution is 7.07. The van der Waals surface area contributed by atoms with Crippen molar-refractivity contribution in [3.8, 4) is 5.75 Å². The summed E-state index contributed by atoms with van der Waals surface area (Å²) >= 11 is 1.39. The van der Waals surface area contributed by atoms with E-state index in [1.54, 1.807) is 18.2 Å². The van der Waals surface area contributed by atoms with Crippen LogP contribution in [0.4, 0.5) is 4.39 Å². The van der Waals surface area contributed by atoms with E-state index in [4.69, 9.17) is 9.73 Å². The number of hydrogen-bond acceptors (Lipinski definition) is 4. The zero-order chi connectivity index (χ0) is 27.1. The number of aryl methyl sites for hydroxylation is 1. The Kier molecular flexibility index (Phi) is 6.25. The lowest BCUT2D eigenvalue weighted by molar-refractivity contribution is 0.299. The van der Waals surface area contributed by atoms with Crippen molar-refractivity contribution in [1.29, 1.82) is 0 Å². The summed E-state index contributed by atoms with van der Waals surface area (Å²) in [5.74, 6) is 0.282. The molecule has 1 atom stereocenters. The lowest BCUT2D eigenvalue weighted by atomic mass is 9.83. The summed E-state index contributed by atoms with van der Waals surface area (Å²) in [6, 6.07) is 32.5. The molecule has 6 heteroatoms. The van der Waals surface area contributed by atoms with Crippen LogP contribution in [0.25, 0.3) is 11.8 Å². The van der Waals surface area contributed by atoms with Crippen LogP contribution in [-0.2, 0) is 13.0 Å². The van der Waals surface area contributed by atoms with Crippen molar-refractivity contribution in [2.45, 2.75) is 25.5 Å². The Labute approximate surface area is 234 Å². The minimum atomic E-state index is -0.306. The molecule has 40 heavy (non-hydrogen) atoms. The Hall–Kier alpha value is -4.55. The standard InChI is InChI=1S/C34H25FN2O2S/c35-28-16-8-5-14-25(28)21-39-29-17-9-6-13-24(29)20-30-33(38)37-32(23-11-2-1-3-12-23)27-19-18-22-10-4-7-15-26(22)31(27)36-34(37)40-30/h1-17,20,32H,18-19,21H2/b30-20+/t32-/m0/s1. The van der Waals surface area contributed by atoms with E-state index in [1.807, 2.05) is 53.1 Å². The monoisotopic (exact) mass is 544 g/mol. The van der Waals surface area contributed by atoms with Crippen LogP contribution in [0.5, 0.6) is 5.75 Å². The van der Waals surface area contributed by atoms with Gasteiger partial charge in [0, 0.05) is 16.7 Å². The fourth-order valence-electron chi connectivity index (χ4n) is 5.60. The topological polar surface area (TPSA) is 43.6 Å². The molecule has 7 rings (SSSR count). The van der Waals surface area contributed by atoms with Gasteiger partial charge in [0.25, 0.3) is 5.56 Å². The van der Waals surface area contributed by atoms with Gasteiger partial charge in [0.1, 0.15) is 18.2 Å². The average molecular weight is 545 g/mol. The van der Waals surface area contributed by atoms with Crippen molar-refractivity contribution >= 4 is 23.1 Å². The Bertz CT molecular complexity index is 1960. The second-order valence-electron chi connectivity index (χ2n) is 9.94. The summed E-state index contributed by atoms with van der Waals surface area (Å²) in [4.78, 5) is 19.8. The first-order valence-electron chi connectivity index (χ1n) is 13.3. The highest BCUT2D eigenvalue weighted by Gasteiger charge is 2.32. The van der Waals surface area contributed by atoms with Gasteiger partial charge < -0.3 is 4.74 Å². The molecule has 0 saturated heterocycles. The van der Waals surface area contributed by atoms with Gasteiger partial charge in [-0.05, 0) is 47.8 Å². The Morgan fingerprint density at radius 3 is 2.52 bits per heavy atom. The summed E-state index contributed by atoms with van der Waals surface area (Å²) in [6.07, 6.45) is 3.64. The highest BCUT2D eigenvalue weighted by atomic mass is 32.1. The van der Waals surface area contributed by atoms with Crippen molar-refractivity contribution in [2.75, 3.05) is 0 Å². The van der Waals surface area contributed by atoms with Gasteiger partial charge in [-0.15, -0.1) is 0 Å². The molecule has 0 amide bonds. The molecule has 0 radical (unpaired) electrons. The molecule has 0 fully saturated rings. The number of fused-ring (bicyclic) bond motifs is 3. The molecule has 5 aromatic rings. The first-order valence-corrected chi connectivity index (χ1v) is 14.1. The number of para-hydroxylation sites is 1. The van der Waals surface area contributed by atoms with Crippen molar-refractivity contribution in [1.82, 2.24) is 4.57 Å². The van der Waals surface area contributed by atoms with E-state index in [0.29, 0.717) is 20.6 Å². The molecule has 0 saturated carbocycles. The number of aromatic nitrogens is 1. The summed E-state index contributed by atoms with van der Waals surface area (Å²) in [6.45, 7) is 0.0961. The van der Waals surface area contributed by atoms with Gasteiger partial charge in [-0.2, -0.15) is 0 Å². The maximum atomic E-state index is 14.2. The zero-order valence-corrected chi connectivity index (χ0v) is 22.4. The van der Waals surface area contributed by atoms with Crippen LogP contribution in [-0.4, -0.2) is 4.57 Å². The highest BCUT2D eigenvalue weighted by Crippen LogP contribution is 2.41. The van der Waals surface area contributed by atoms with Gasteiger partial charge in [0.2, 0.25) is 0 Å². The molecular formula is C34H25FN2O2S. The van der Waals surface area contributed by atoms with Crippen LogP contribution in [0.3, 0.4) is 0 Å². The molecular weight excluding hydrogens is 519 g/mol. The molecule has 4 aromatic carbocycles. The zero-order valence-electron chi connectivity index (χ0n) is 21.6. The molecule has 4 nitrogen and oxygen atoms in total. The van der Waals surface area contributed by atoms with Gasteiger partial charge >= 0.3 is 0 Å². The van der Waals surface area contributed by atoms with Gasteiger partial charge in [-0.1, -0.05) is 102 Å². The fourth-order valence-corrected chi connectivity index (χ4v) is 6.59. The van der Waals surface area contributed by atoms with E-state index in [-0.39, 0.29) is 24.0 Å². The number of thiazole rings is 1. The number of halogens is 1. The first kappa shape index (κ1) is 24.5. The van der Waals surface area contributed by atoms with Crippen molar-refractivity contribution in [3.05, 3.63) is 162 Å².